The van der Waals surface area contributed by atoms with Gasteiger partial charge in [-0.1, -0.05) is 30.5 Å². The predicted octanol–water partition coefficient (Wildman–Crippen LogP) is 2.71. The van der Waals surface area contributed by atoms with Crippen LogP contribution in [0.5, 0.6) is 0 Å². The van der Waals surface area contributed by atoms with Crippen LogP contribution in [0.15, 0.2) is 24.3 Å². The van der Waals surface area contributed by atoms with Crippen LogP contribution in [0.1, 0.15) is 55.5 Å². The number of ketones is 1. The smallest absolute Gasteiger partial charge is 0.364 e. The van der Waals surface area contributed by atoms with E-state index in [1.165, 1.54) is 13.8 Å². The third-order valence-electron chi connectivity index (χ3n) is 5.04. The molecule has 0 saturated carbocycles. The first-order chi connectivity index (χ1) is 13.2. The van der Waals surface area contributed by atoms with E-state index in [1.807, 2.05) is 19.1 Å². The Kier molecular flexibility index (Phi) is 7.71. The summed E-state index contributed by atoms with van der Waals surface area (Å²) in [6.45, 7) is 5.51. The quantitative estimate of drug-likeness (QED) is 0.628. The summed E-state index contributed by atoms with van der Waals surface area (Å²) in [5.74, 6) is -2.87. The SMILES string of the molecule is CC(=O)C(CCCCC1COC(C)(C(=O)O)OC1)NC(=O)c1ccc(C)cc1. The fourth-order valence-corrected chi connectivity index (χ4v) is 3.04. The van der Waals surface area contributed by atoms with E-state index in [4.69, 9.17) is 14.6 Å². The second kappa shape index (κ2) is 9.80. The minimum absolute atomic E-state index is 0.0676. The van der Waals surface area contributed by atoms with E-state index in [0.29, 0.717) is 25.2 Å². The number of aryl methyl sites for hydroxylation is 1. The molecule has 1 amide bonds. The van der Waals surface area contributed by atoms with E-state index >= 15 is 0 Å². The van der Waals surface area contributed by atoms with Crippen LogP contribution < -0.4 is 5.32 Å². The fourth-order valence-electron chi connectivity index (χ4n) is 3.04. The van der Waals surface area contributed by atoms with Crippen LogP contribution in [0.25, 0.3) is 0 Å². The van der Waals surface area contributed by atoms with Crippen molar-refractivity contribution in [2.45, 2.75) is 58.3 Å². The Balaban J connectivity index is 1.73. The van der Waals surface area contributed by atoms with E-state index in [2.05, 4.69) is 5.32 Å². The number of aliphatic carboxylic acids is 1. The zero-order valence-corrected chi connectivity index (χ0v) is 16.7. The zero-order chi connectivity index (χ0) is 20.7. The molecule has 1 aromatic rings. The summed E-state index contributed by atoms with van der Waals surface area (Å²) in [6.07, 6.45) is 2.98. The maximum atomic E-state index is 12.3. The van der Waals surface area contributed by atoms with Gasteiger partial charge in [-0.05, 0) is 38.8 Å². The second-order valence-corrected chi connectivity index (χ2v) is 7.53. The summed E-state index contributed by atoms with van der Waals surface area (Å²) in [5, 5.41) is 11.9. The van der Waals surface area contributed by atoms with Crippen molar-refractivity contribution >= 4 is 17.7 Å². The lowest BCUT2D eigenvalue weighted by atomic mass is 9.98. The first-order valence-electron chi connectivity index (χ1n) is 9.60. The Morgan fingerprint density at radius 3 is 2.32 bits per heavy atom. The van der Waals surface area contributed by atoms with Gasteiger partial charge in [0.05, 0.1) is 19.3 Å². The number of hydrogen-bond donors (Lipinski definition) is 2. The van der Waals surface area contributed by atoms with Gasteiger partial charge in [0, 0.05) is 18.4 Å². The molecule has 1 saturated heterocycles. The average molecular weight is 391 g/mol. The second-order valence-electron chi connectivity index (χ2n) is 7.53. The Morgan fingerprint density at radius 2 is 1.79 bits per heavy atom. The van der Waals surface area contributed by atoms with Crippen molar-refractivity contribution in [2.24, 2.45) is 5.92 Å². The molecule has 1 heterocycles. The van der Waals surface area contributed by atoms with Crippen LogP contribution in [0.3, 0.4) is 0 Å². The monoisotopic (exact) mass is 391 g/mol. The van der Waals surface area contributed by atoms with Crippen LogP contribution in [0, 0.1) is 12.8 Å². The third kappa shape index (κ3) is 6.14. The molecule has 0 aliphatic carbocycles. The van der Waals surface area contributed by atoms with Crippen LogP contribution in [0.2, 0.25) is 0 Å². The van der Waals surface area contributed by atoms with E-state index in [-0.39, 0.29) is 17.6 Å². The van der Waals surface area contributed by atoms with Crippen molar-refractivity contribution in [1.82, 2.24) is 5.32 Å². The summed E-state index contributed by atoms with van der Waals surface area (Å²) in [5.41, 5.74) is 1.61. The minimum Gasteiger partial charge on any atom is -0.477 e. The standard InChI is InChI=1S/C21H29NO6/c1-14-8-10-17(11-9-14)19(24)22-18(15(2)23)7-5-4-6-16-12-27-21(3,20(25)26)28-13-16/h8-11,16,18H,4-7,12-13H2,1-3H3,(H,22,24)(H,25,26). The van der Waals surface area contributed by atoms with Gasteiger partial charge in [-0.2, -0.15) is 0 Å². The molecule has 7 heteroatoms. The molecule has 7 nitrogen and oxygen atoms in total. The van der Waals surface area contributed by atoms with E-state index < -0.39 is 17.8 Å². The molecule has 0 aromatic heterocycles. The summed E-state index contributed by atoms with van der Waals surface area (Å²) in [6, 6.07) is 6.71. The Hall–Kier alpha value is -2.25. The van der Waals surface area contributed by atoms with Gasteiger partial charge in [-0.15, -0.1) is 0 Å². The van der Waals surface area contributed by atoms with Crippen molar-refractivity contribution in [2.75, 3.05) is 13.2 Å². The Bertz CT molecular complexity index is 691. The van der Waals surface area contributed by atoms with E-state index in [0.717, 1.165) is 24.8 Å². The molecule has 0 spiro atoms. The average Bonchev–Trinajstić information content (AvgIpc) is 2.65. The lowest BCUT2D eigenvalue weighted by Gasteiger charge is -2.34. The van der Waals surface area contributed by atoms with Gasteiger partial charge in [0.1, 0.15) is 0 Å². The van der Waals surface area contributed by atoms with Gasteiger partial charge in [0.25, 0.3) is 11.7 Å². The van der Waals surface area contributed by atoms with Crippen LogP contribution >= 0.6 is 0 Å². The first-order valence-corrected chi connectivity index (χ1v) is 9.60. The van der Waals surface area contributed by atoms with Crippen LogP contribution in [0.4, 0.5) is 0 Å². The molecule has 2 N–H and O–H groups in total. The normalized spacial score (nSPS) is 23.0. The van der Waals surface area contributed by atoms with Crippen molar-refractivity contribution in [3.8, 4) is 0 Å². The van der Waals surface area contributed by atoms with Gasteiger partial charge >= 0.3 is 5.97 Å². The highest BCUT2D eigenvalue weighted by Gasteiger charge is 2.40. The molecule has 0 bridgehead atoms. The molecule has 1 atom stereocenters. The van der Waals surface area contributed by atoms with E-state index in [1.54, 1.807) is 12.1 Å². The topological polar surface area (TPSA) is 102 Å². The van der Waals surface area contributed by atoms with Gasteiger partial charge in [0.2, 0.25) is 0 Å². The number of ether oxygens (including phenoxy) is 2. The van der Waals surface area contributed by atoms with Crippen molar-refractivity contribution in [3.05, 3.63) is 35.4 Å². The molecule has 28 heavy (non-hydrogen) atoms. The highest BCUT2D eigenvalue weighted by atomic mass is 16.7. The van der Waals surface area contributed by atoms with Gasteiger partial charge in [0.15, 0.2) is 5.78 Å². The number of unbranched alkanes of at least 4 members (excludes halogenated alkanes) is 1. The molecule has 1 aliphatic heterocycles. The number of amides is 1. The van der Waals surface area contributed by atoms with Crippen molar-refractivity contribution in [1.29, 1.82) is 0 Å². The first kappa shape index (κ1) is 22.0. The lowest BCUT2D eigenvalue weighted by Crippen LogP contribution is -2.47. The van der Waals surface area contributed by atoms with Gasteiger partial charge in [-0.3, -0.25) is 9.59 Å². The highest BCUT2D eigenvalue weighted by Crippen LogP contribution is 2.24. The summed E-state index contributed by atoms with van der Waals surface area (Å²) < 4.78 is 10.7. The molecule has 1 unspecified atom stereocenters. The molecule has 1 aromatic carbocycles. The zero-order valence-electron chi connectivity index (χ0n) is 16.7. The van der Waals surface area contributed by atoms with E-state index in [9.17, 15) is 14.4 Å². The molecule has 154 valence electrons. The maximum Gasteiger partial charge on any atom is 0.364 e. The van der Waals surface area contributed by atoms with Crippen molar-refractivity contribution in [3.63, 3.8) is 0 Å². The van der Waals surface area contributed by atoms with Gasteiger partial charge < -0.3 is 19.9 Å². The number of carbonyl (C=O) groups is 3. The fraction of sp³-hybridized carbons (Fsp3) is 0.571. The summed E-state index contributed by atoms with van der Waals surface area (Å²) in [7, 11) is 0. The summed E-state index contributed by atoms with van der Waals surface area (Å²) >= 11 is 0. The number of carbonyl (C=O) groups excluding carboxylic acids is 2. The molecule has 1 fully saturated rings. The molecule has 1 aliphatic rings. The van der Waals surface area contributed by atoms with Crippen LogP contribution in [-0.2, 0) is 19.1 Å². The number of carboxylic acid groups (broad SMARTS) is 1. The largest absolute Gasteiger partial charge is 0.477 e. The molecular formula is C21H29NO6. The number of Topliss-reactive ketones (excluding diaryl/α,β-unsaturated/α-hetero) is 1. The Labute approximate surface area is 165 Å². The number of nitrogens with one attached hydrogen (secondary N) is 1. The number of benzene rings is 1. The third-order valence-corrected chi connectivity index (χ3v) is 5.04. The van der Waals surface area contributed by atoms with Crippen LogP contribution in [-0.4, -0.2) is 47.8 Å². The van der Waals surface area contributed by atoms with Gasteiger partial charge in [-0.25, -0.2) is 4.79 Å². The number of hydrogen-bond acceptors (Lipinski definition) is 5. The number of carboxylic acids is 1. The maximum absolute atomic E-state index is 12.3. The predicted molar refractivity (Wildman–Crippen MR) is 103 cm³/mol. The molecule has 0 radical (unpaired) electrons. The molecular weight excluding hydrogens is 362 g/mol. The Morgan fingerprint density at radius 1 is 1.18 bits per heavy atom. The molecule has 2 rings (SSSR count). The van der Waals surface area contributed by atoms with Crippen molar-refractivity contribution < 1.29 is 29.0 Å². The number of rotatable bonds is 9. The summed E-state index contributed by atoms with van der Waals surface area (Å²) in [4.78, 5) is 35.3. The minimum atomic E-state index is -1.56. The lowest BCUT2D eigenvalue weighted by molar-refractivity contribution is -0.271. The highest BCUT2D eigenvalue weighted by molar-refractivity contribution is 5.97.